The van der Waals surface area contributed by atoms with Crippen molar-refractivity contribution in [3.63, 3.8) is 0 Å². The Hall–Kier alpha value is -3.26. The van der Waals surface area contributed by atoms with Crippen molar-refractivity contribution in [1.29, 1.82) is 0 Å². The number of nitrogens with zero attached hydrogens (tertiary/aromatic N) is 6. The standard InChI is InChI=1S/C20H19N7S/c1-11-10-16(22-19-23-20-26(25-19)13(3)14(4)28-20)21-18-17(11)12(2)24-27(18)15-8-6-5-7-9-15/h5-10H,1-4H3,(H,21,22,25). The van der Waals surface area contributed by atoms with Gasteiger partial charge in [-0.3, -0.25) is 0 Å². The molecule has 0 aliphatic carbocycles. The lowest BCUT2D eigenvalue weighted by atomic mass is 10.1. The Morgan fingerprint density at radius 2 is 1.75 bits per heavy atom. The van der Waals surface area contributed by atoms with E-state index in [9.17, 15) is 0 Å². The molecule has 0 aliphatic rings. The maximum atomic E-state index is 4.83. The van der Waals surface area contributed by atoms with E-state index in [0.29, 0.717) is 11.8 Å². The zero-order valence-corrected chi connectivity index (χ0v) is 16.9. The summed E-state index contributed by atoms with van der Waals surface area (Å²) < 4.78 is 3.75. The van der Waals surface area contributed by atoms with E-state index in [-0.39, 0.29) is 0 Å². The minimum Gasteiger partial charge on any atom is -0.307 e. The molecule has 0 bridgehead atoms. The van der Waals surface area contributed by atoms with Gasteiger partial charge in [-0.15, -0.1) is 5.10 Å². The van der Waals surface area contributed by atoms with Crippen molar-refractivity contribution in [2.45, 2.75) is 27.7 Å². The summed E-state index contributed by atoms with van der Waals surface area (Å²) in [6.45, 7) is 8.22. The fraction of sp³-hybridized carbons (Fsp3) is 0.200. The Bertz CT molecular complexity index is 1330. The molecule has 140 valence electrons. The molecule has 0 atom stereocenters. The fourth-order valence-electron chi connectivity index (χ4n) is 3.43. The molecule has 8 heteroatoms. The second-order valence-corrected chi connectivity index (χ2v) is 8.04. The molecule has 0 unspecified atom stereocenters. The SMILES string of the molecule is Cc1sc2nc(Nc3cc(C)c4c(C)nn(-c5ccccc5)c4n3)nn2c1C. The lowest BCUT2D eigenvalue weighted by Gasteiger charge is -2.06. The van der Waals surface area contributed by atoms with Crippen LogP contribution >= 0.6 is 11.3 Å². The maximum Gasteiger partial charge on any atom is 0.249 e. The number of aromatic nitrogens is 6. The highest BCUT2D eigenvalue weighted by Gasteiger charge is 2.16. The highest BCUT2D eigenvalue weighted by molar-refractivity contribution is 7.17. The molecule has 28 heavy (non-hydrogen) atoms. The van der Waals surface area contributed by atoms with Crippen molar-refractivity contribution in [1.82, 2.24) is 29.4 Å². The van der Waals surface area contributed by atoms with Crippen LogP contribution in [0.2, 0.25) is 0 Å². The number of para-hydroxylation sites is 1. The molecule has 5 aromatic rings. The molecule has 4 heterocycles. The Labute approximate surface area is 165 Å². The second-order valence-electron chi connectivity index (χ2n) is 6.85. The Kier molecular flexibility index (Phi) is 3.70. The van der Waals surface area contributed by atoms with E-state index in [1.165, 1.54) is 4.88 Å². The third-order valence-electron chi connectivity index (χ3n) is 4.90. The number of anilines is 2. The molecular weight excluding hydrogens is 370 g/mol. The molecule has 0 spiro atoms. The summed E-state index contributed by atoms with van der Waals surface area (Å²) in [4.78, 5) is 11.5. The van der Waals surface area contributed by atoms with E-state index in [1.54, 1.807) is 11.3 Å². The van der Waals surface area contributed by atoms with Gasteiger partial charge < -0.3 is 5.32 Å². The average Bonchev–Trinajstić information content (AvgIpc) is 3.30. The summed E-state index contributed by atoms with van der Waals surface area (Å²) in [5, 5.41) is 13.6. The van der Waals surface area contributed by atoms with Gasteiger partial charge in [0, 0.05) is 10.3 Å². The van der Waals surface area contributed by atoms with E-state index in [4.69, 9.17) is 10.1 Å². The van der Waals surface area contributed by atoms with Gasteiger partial charge in [-0.25, -0.2) is 14.2 Å². The number of hydrogen-bond donors (Lipinski definition) is 1. The zero-order valence-electron chi connectivity index (χ0n) is 16.1. The highest BCUT2D eigenvalue weighted by atomic mass is 32.1. The zero-order chi connectivity index (χ0) is 19.4. The first kappa shape index (κ1) is 16.9. The van der Waals surface area contributed by atoms with Crippen LogP contribution in [0, 0.1) is 27.7 Å². The summed E-state index contributed by atoms with van der Waals surface area (Å²) in [5.74, 6) is 1.25. The molecule has 1 N–H and O–H groups in total. The maximum absolute atomic E-state index is 4.83. The van der Waals surface area contributed by atoms with Crippen LogP contribution in [0.4, 0.5) is 11.8 Å². The normalized spacial score (nSPS) is 11.6. The van der Waals surface area contributed by atoms with Crippen LogP contribution in [0.3, 0.4) is 0 Å². The lowest BCUT2D eigenvalue weighted by molar-refractivity contribution is 0.878. The lowest BCUT2D eigenvalue weighted by Crippen LogP contribution is -2.01. The predicted molar refractivity (Wildman–Crippen MR) is 112 cm³/mol. The second kappa shape index (κ2) is 6.13. The van der Waals surface area contributed by atoms with Crippen molar-refractivity contribution in [2.75, 3.05) is 5.32 Å². The number of hydrogen-bond acceptors (Lipinski definition) is 6. The van der Waals surface area contributed by atoms with Gasteiger partial charge >= 0.3 is 0 Å². The molecule has 0 fully saturated rings. The summed E-state index contributed by atoms with van der Waals surface area (Å²) in [5.41, 5.74) is 4.98. The van der Waals surface area contributed by atoms with Crippen molar-refractivity contribution in [3.8, 4) is 5.69 Å². The molecule has 1 aromatic carbocycles. The van der Waals surface area contributed by atoms with Gasteiger partial charge in [-0.05, 0) is 51.5 Å². The summed E-state index contributed by atoms with van der Waals surface area (Å²) in [7, 11) is 0. The van der Waals surface area contributed by atoms with E-state index < -0.39 is 0 Å². The summed E-state index contributed by atoms with van der Waals surface area (Å²) in [6.07, 6.45) is 0. The first-order chi connectivity index (χ1) is 13.5. The van der Waals surface area contributed by atoms with E-state index in [1.807, 2.05) is 59.4 Å². The van der Waals surface area contributed by atoms with Crippen LogP contribution < -0.4 is 5.32 Å². The number of rotatable bonds is 3. The van der Waals surface area contributed by atoms with Crippen molar-refractivity contribution >= 4 is 39.1 Å². The van der Waals surface area contributed by atoms with Crippen molar-refractivity contribution in [3.05, 3.63) is 58.2 Å². The largest absolute Gasteiger partial charge is 0.307 e. The Morgan fingerprint density at radius 3 is 2.50 bits per heavy atom. The number of benzene rings is 1. The van der Waals surface area contributed by atoms with Crippen molar-refractivity contribution < 1.29 is 0 Å². The molecule has 0 saturated carbocycles. The van der Waals surface area contributed by atoms with Crippen LogP contribution in [-0.2, 0) is 0 Å². The number of fused-ring (bicyclic) bond motifs is 2. The van der Waals surface area contributed by atoms with Crippen LogP contribution in [0.5, 0.6) is 0 Å². The number of thiazole rings is 1. The van der Waals surface area contributed by atoms with Gasteiger partial charge in [0.15, 0.2) is 5.65 Å². The number of pyridine rings is 1. The average molecular weight is 389 g/mol. The molecule has 0 radical (unpaired) electrons. The fourth-order valence-corrected chi connectivity index (χ4v) is 4.33. The number of nitrogens with one attached hydrogen (secondary N) is 1. The monoisotopic (exact) mass is 389 g/mol. The summed E-state index contributed by atoms with van der Waals surface area (Å²) in [6, 6.07) is 12.1. The third-order valence-corrected chi connectivity index (χ3v) is 5.95. The van der Waals surface area contributed by atoms with E-state index in [0.717, 1.165) is 38.6 Å². The minimum atomic E-state index is 0.545. The molecule has 5 rings (SSSR count). The van der Waals surface area contributed by atoms with Gasteiger partial charge in [0.25, 0.3) is 0 Å². The minimum absolute atomic E-state index is 0.545. The molecule has 4 aromatic heterocycles. The number of aryl methyl sites for hydroxylation is 4. The van der Waals surface area contributed by atoms with Crippen LogP contribution in [0.1, 0.15) is 21.8 Å². The van der Waals surface area contributed by atoms with Crippen LogP contribution in [0.25, 0.3) is 21.7 Å². The molecule has 0 saturated heterocycles. The first-order valence-electron chi connectivity index (χ1n) is 9.03. The summed E-state index contributed by atoms with van der Waals surface area (Å²) >= 11 is 1.63. The molecular formula is C20H19N7S. The topological polar surface area (TPSA) is 72.9 Å². The molecule has 0 aliphatic heterocycles. The first-order valence-corrected chi connectivity index (χ1v) is 9.85. The van der Waals surface area contributed by atoms with Gasteiger partial charge in [0.05, 0.1) is 17.1 Å². The molecule has 7 nitrogen and oxygen atoms in total. The van der Waals surface area contributed by atoms with Crippen molar-refractivity contribution in [2.24, 2.45) is 0 Å². The van der Waals surface area contributed by atoms with Gasteiger partial charge in [0.1, 0.15) is 5.82 Å². The smallest absolute Gasteiger partial charge is 0.249 e. The van der Waals surface area contributed by atoms with Gasteiger partial charge in [-0.2, -0.15) is 10.1 Å². The third kappa shape index (κ3) is 2.56. The van der Waals surface area contributed by atoms with Gasteiger partial charge in [-0.1, -0.05) is 29.5 Å². The highest BCUT2D eigenvalue weighted by Crippen LogP contribution is 2.27. The quantitative estimate of drug-likeness (QED) is 0.492. The predicted octanol–water partition coefficient (Wildman–Crippen LogP) is 4.50. The van der Waals surface area contributed by atoms with E-state index in [2.05, 4.69) is 29.2 Å². The van der Waals surface area contributed by atoms with Gasteiger partial charge in [0.2, 0.25) is 10.9 Å². The molecule has 0 amide bonds. The Balaban J connectivity index is 1.61. The van der Waals surface area contributed by atoms with E-state index >= 15 is 0 Å². The van der Waals surface area contributed by atoms with Crippen LogP contribution in [-0.4, -0.2) is 29.4 Å². The Morgan fingerprint density at radius 1 is 0.964 bits per heavy atom. The van der Waals surface area contributed by atoms with Crippen LogP contribution in [0.15, 0.2) is 36.4 Å².